The van der Waals surface area contributed by atoms with Gasteiger partial charge in [0.15, 0.2) is 0 Å². The number of carboxylic acids is 1. The first-order valence-electron chi connectivity index (χ1n) is 4.83. The molecule has 0 aliphatic carbocycles. The van der Waals surface area contributed by atoms with Crippen molar-refractivity contribution in [2.24, 2.45) is 0 Å². The molecule has 0 amide bonds. The number of aromatic carboxylic acids is 1. The number of anilines is 1. The first kappa shape index (κ1) is 12.3. The Morgan fingerprint density at radius 1 is 1.44 bits per heavy atom. The van der Waals surface area contributed by atoms with E-state index in [1.54, 1.807) is 19.2 Å². The standard InChI is InChI=1S/C11H15NO4/c1-15-6-5-12-10-4-3-8(16-2)7-9(10)11(13)14/h3-4,7,12H,5-6H2,1-2H3,(H,13,14). The first-order valence-corrected chi connectivity index (χ1v) is 4.83. The van der Waals surface area contributed by atoms with Crippen LogP contribution in [0.3, 0.4) is 0 Å². The van der Waals surface area contributed by atoms with Gasteiger partial charge in [-0.15, -0.1) is 0 Å². The van der Waals surface area contributed by atoms with Gasteiger partial charge in [0.05, 0.1) is 19.3 Å². The number of benzene rings is 1. The third-order valence-electron chi connectivity index (χ3n) is 2.08. The maximum absolute atomic E-state index is 11.0. The van der Waals surface area contributed by atoms with E-state index in [4.69, 9.17) is 14.6 Å². The summed E-state index contributed by atoms with van der Waals surface area (Å²) in [5.41, 5.74) is 0.751. The van der Waals surface area contributed by atoms with Crippen LogP contribution in [0.15, 0.2) is 18.2 Å². The quantitative estimate of drug-likeness (QED) is 0.717. The molecule has 1 rings (SSSR count). The van der Waals surface area contributed by atoms with Crippen molar-refractivity contribution in [2.75, 3.05) is 32.7 Å². The van der Waals surface area contributed by atoms with Gasteiger partial charge in [-0.1, -0.05) is 0 Å². The molecule has 88 valence electrons. The number of ether oxygens (including phenoxy) is 2. The minimum atomic E-state index is -0.987. The Kier molecular flexibility index (Phi) is 4.60. The van der Waals surface area contributed by atoms with E-state index in [0.717, 1.165) is 0 Å². The second-order valence-corrected chi connectivity index (χ2v) is 3.14. The molecule has 0 aliphatic rings. The Labute approximate surface area is 94.0 Å². The highest BCUT2D eigenvalue weighted by Gasteiger charge is 2.10. The zero-order chi connectivity index (χ0) is 12.0. The van der Waals surface area contributed by atoms with Crippen LogP contribution in [0.25, 0.3) is 0 Å². The molecule has 0 fully saturated rings. The lowest BCUT2D eigenvalue weighted by atomic mass is 10.1. The van der Waals surface area contributed by atoms with E-state index in [-0.39, 0.29) is 5.56 Å². The van der Waals surface area contributed by atoms with Crippen molar-refractivity contribution in [1.29, 1.82) is 0 Å². The Hall–Kier alpha value is -1.75. The lowest BCUT2D eigenvalue weighted by molar-refractivity contribution is 0.0697. The number of nitrogens with one attached hydrogen (secondary N) is 1. The van der Waals surface area contributed by atoms with E-state index in [0.29, 0.717) is 24.6 Å². The maximum Gasteiger partial charge on any atom is 0.337 e. The van der Waals surface area contributed by atoms with E-state index < -0.39 is 5.97 Å². The second-order valence-electron chi connectivity index (χ2n) is 3.14. The van der Waals surface area contributed by atoms with Crippen molar-refractivity contribution < 1.29 is 19.4 Å². The zero-order valence-corrected chi connectivity index (χ0v) is 9.32. The fourth-order valence-corrected chi connectivity index (χ4v) is 1.27. The van der Waals surface area contributed by atoms with Gasteiger partial charge in [0, 0.05) is 19.3 Å². The fraction of sp³-hybridized carbons (Fsp3) is 0.364. The number of carbonyl (C=O) groups is 1. The molecular formula is C11H15NO4. The van der Waals surface area contributed by atoms with Crippen LogP contribution in [0.2, 0.25) is 0 Å². The summed E-state index contributed by atoms with van der Waals surface area (Å²) in [6.45, 7) is 1.08. The van der Waals surface area contributed by atoms with Crippen LogP contribution in [-0.2, 0) is 4.74 Å². The normalized spacial score (nSPS) is 9.88. The number of hydrogen-bond donors (Lipinski definition) is 2. The van der Waals surface area contributed by atoms with E-state index >= 15 is 0 Å². The summed E-state index contributed by atoms with van der Waals surface area (Å²) < 4.78 is 9.84. The molecule has 1 aromatic carbocycles. The van der Waals surface area contributed by atoms with Crippen molar-refractivity contribution >= 4 is 11.7 Å². The first-order chi connectivity index (χ1) is 7.69. The molecule has 0 atom stereocenters. The Morgan fingerprint density at radius 3 is 2.75 bits per heavy atom. The van der Waals surface area contributed by atoms with Crippen LogP contribution >= 0.6 is 0 Å². The Bertz CT molecular complexity index is 365. The highest BCUT2D eigenvalue weighted by Crippen LogP contribution is 2.21. The van der Waals surface area contributed by atoms with E-state index in [1.807, 2.05) is 0 Å². The molecule has 0 unspecified atom stereocenters. The van der Waals surface area contributed by atoms with Gasteiger partial charge in [-0.05, 0) is 18.2 Å². The largest absolute Gasteiger partial charge is 0.497 e. The average molecular weight is 225 g/mol. The van der Waals surface area contributed by atoms with Crippen molar-refractivity contribution in [3.63, 3.8) is 0 Å². The topological polar surface area (TPSA) is 67.8 Å². The van der Waals surface area contributed by atoms with Gasteiger partial charge in [-0.3, -0.25) is 0 Å². The highest BCUT2D eigenvalue weighted by atomic mass is 16.5. The second kappa shape index (κ2) is 5.97. The molecule has 0 aliphatic heterocycles. The van der Waals surface area contributed by atoms with Crippen molar-refractivity contribution in [2.45, 2.75) is 0 Å². The molecule has 0 saturated heterocycles. The number of carboxylic acid groups (broad SMARTS) is 1. The molecule has 16 heavy (non-hydrogen) atoms. The molecule has 0 radical (unpaired) electrons. The van der Waals surface area contributed by atoms with E-state index in [1.165, 1.54) is 13.2 Å². The molecule has 5 nitrogen and oxygen atoms in total. The minimum absolute atomic E-state index is 0.190. The molecule has 5 heteroatoms. The van der Waals surface area contributed by atoms with Crippen molar-refractivity contribution in [1.82, 2.24) is 0 Å². The molecule has 0 heterocycles. The maximum atomic E-state index is 11.0. The van der Waals surface area contributed by atoms with Crippen LogP contribution in [0.1, 0.15) is 10.4 Å². The van der Waals surface area contributed by atoms with Crippen LogP contribution in [-0.4, -0.2) is 38.4 Å². The molecule has 0 saturated carbocycles. The van der Waals surface area contributed by atoms with Crippen LogP contribution < -0.4 is 10.1 Å². The lowest BCUT2D eigenvalue weighted by Gasteiger charge is -2.10. The lowest BCUT2D eigenvalue weighted by Crippen LogP contribution is -2.11. The van der Waals surface area contributed by atoms with Gasteiger partial charge >= 0.3 is 5.97 Å². The summed E-state index contributed by atoms with van der Waals surface area (Å²) >= 11 is 0. The molecule has 0 aromatic heterocycles. The monoisotopic (exact) mass is 225 g/mol. The minimum Gasteiger partial charge on any atom is -0.497 e. The zero-order valence-electron chi connectivity index (χ0n) is 9.32. The summed E-state index contributed by atoms with van der Waals surface area (Å²) in [6.07, 6.45) is 0. The summed E-state index contributed by atoms with van der Waals surface area (Å²) in [4.78, 5) is 11.0. The SMILES string of the molecule is COCCNc1ccc(OC)cc1C(=O)O. The van der Waals surface area contributed by atoms with Crippen LogP contribution in [0.5, 0.6) is 5.75 Å². The summed E-state index contributed by atoms with van der Waals surface area (Å²) in [6, 6.07) is 4.87. The average Bonchev–Trinajstić information content (AvgIpc) is 2.29. The van der Waals surface area contributed by atoms with Gasteiger partial charge in [-0.2, -0.15) is 0 Å². The van der Waals surface area contributed by atoms with E-state index in [2.05, 4.69) is 5.32 Å². The molecular weight excluding hydrogens is 210 g/mol. The number of hydrogen-bond acceptors (Lipinski definition) is 4. The van der Waals surface area contributed by atoms with Gasteiger partial charge in [0.2, 0.25) is 0 Å². The Balaban J connectivity index is 2.85. The predicted molar refractivity (Wildman–Crippen MR) is 60.3 cm³/mol. The van der Waals surface area contributed by atoms with Crippen molar-refractivity contribution in [3.8, 4) is 5.75 Å². The summed E-state index contributed by atoms with van der Waals surface area (Å²) in [7, 11) is 3.09. The van der Waals surface area contributed by atoms with Gasteiger partial charge < -0.3 is 19.9 Å². The summed E-state index contributed by atoms with van der Waals surface area (Å²) in [5, 5.41) is 12.0. The molecule has 0 bridgehead atoms. The molecule has 1 aromatic rings. The van der Waals surface area contributed by atoms with Crippen LogP contribution in [0, 0.1) is 0 Å². The smallest absolute Gasteiger partial charge is 0.337 e. The van der Waals surface area contributed by atoms with E-state index in [9.17, 15) is 4.79 Å². The molecule has 2 N–H and O–H groups in total. The third-order valence-corrected chi connectivity index (χ3v) is 2.08. The van der Waals surface area contributed by atoms with Crippen LogP contribution in [0.4, 0.5) is 5.69 Å². The Morgan fingerprint density at radius 2 is 2.19 bits per heavy atom. The van der Waals surface area contributed by atoms with Gasteiger partial charge in [-0.25, -0.2) is 4.79 Å². The van der Waals surface area contributed by atoms with Crippen molar-refractivity contribution in [3.05, 3.63) is 23.8 Å². The van der Waals surface area contributed by atoms with Gasteiger partial charge in [0.25, 0.3) is 0 Å². The summed E-state index contributed by atoms with van der Waals surface area (Å²) in [5.74, 6) is -0.464. The number of rotatable bonds is 6. The highest BCUT2D eigenvalue weighted by molar-refractivity contribution is 5.94. The van der Waals surface area contributed by atoms with Gasteiger partial charge in [0.1, 0.15) is 5.75 Å². The fourth-order valence-electron chi connectivity index (χ4n) is 1.27. The number of methoxy groups -OCH3 is 2. The predicted octanol–water partition coefficient (Wildman–Crippen LogP) is 1.45. The molecule has 0 spiro atoms. The third kappa shape index (κ3) is 3.13.